The predicted molar refractivity (Wildman–Crippen MR) is 96.7 cm³/mol. The molecule has 0 radical (unpaired) electrons. The van der Waals surface area contributed by atoms with Crippen LogP contribution >= 0.6 is 0 Å². The lowest BCUT2D eigenvalue weighted by Gasteiger charge is -2.16. The number of aryl methyl sites for hydroxylation is 1. The topological polar surface area (TPSA) is 99.1 Å². The maximum Gasteiger partial charge on any atom is 0.337 e. The van der Waals surface area contributed by atoms with E-state index < -0.39 is 5.97 Å². The van der Waals surface area contributed by atoms with Crippen molar-refractivity contribution >= 4 is 28.3 Å². The molecule has 0 unspecified atom stereocenters. The maximum absolute atomic E-state index is 12.6. The number of rotatable bonds is 5. The van der Waals surface area contributed by atoms with E-state index in [1.165, 1.54) is 12.0 Å². The van der Waals surface area contributed by atoms with Crippen molar-refractivity contribution in [2.24, 2.45) is 0 Å². The van der Waals surface area contributed by atoms with E-state index in [9.17, 15) is 14.7 Å². The fraction of sp³-hybridized carbons (Fsp3) is 0.263. The fourth-order valence-corrected chi connectivity index (χ4v) is 3.04. The standard InChI is InChI=1S/C19H20N2O5/c1-11-6-7-12-13(17(11)23)4-3-5-15(12)20-16-14(19(25)26-2)10-21(8-9-22)18(16)24/h3-7,20,22-23H,8-10H2,1-2H3. The van der Waals surface area contributed by atoms with E-state index in [0.29, 0.717) is 11.1 Å². The smallest absolute Gasteiger partial charge is 0.337 e. The molecule has 7 nitrogen and oxygen atoms in total. The first-order valence-corrected chi connectivity index (χ1v) is 8.17. The number of aliphatic hydroxyl groups is 1. The molecule has 0 saturated heterocycles. The lowest BCUT2D eigenvalue weighted by Crippen LogP contribution is -2.31. The van der Waals surface area contributed by atoms with Crippen LogP contribution in [0.2, 0.25) is 0 Å². The predicted octanol–water partition coefficient (Wildman–Crippen LogP) is 1.53. The molecule has 0 aromatic heterocycles. The fourth-order valence-electron chi connectivity index (χ4n) is 3.04. The molecule has 7 heteroatoms. The Morgan fingerprint density at radius 2 is 2.04 bits per heavy atom. The number of nitrogens with one attached hydrogen (secondary N) is 1. The number of amides is 1. The summed E-state index contributed by atoms with van der Waals surface area (Å²) in [7, 11) is 1.25. The molecule has 136 valence electrons. The number of esters is 1. The Labute approximate surface area is 150 Å². The van der Waals surface area contributed by atoms with Crippen molar-refractivity contribution in [2.45, 2.75) is 6.92 Å². The van der Waals surface area contributed by atoms with Gasteiger partial charge in [-0.05, 0) is 18.6 Å². The normalized spacial score (nSPS) is 14.3. The summed E-state index contributed by atoms with van der Waals surface area (Å²) in [5, 5.41) is 23.8. The highest BCUT2D eigenvalue weighted by atomic mass is 16.5. The summed E-state index contributed by atoms with van der Waals surface area (Å²) in [5.74, 6) is -0.805. The Balaban J connectivity index is 2.06. The van der Waals surface area contributed by atoms with Crippen molar-refractivity contribution in [3.05, 3.63) is 47.2 Å². The van der Waals surface area contributed by atoms with Crippen molar-refractivity contribution in [2.75, 3.05) is 32.1 Å². The summed E-state index contributed by atoms with van der Waals surface area (Å²) in [4.78, 5) is 26.1. The van der Waals surface area contributed by atoms with Crippen molar-refractivity contribution in [3.8, 4) is 5.75 Å². The summed E-state index contributed by atoms with van der Waals surface area (Å²) in [6.07, 6.45) is 0. The van der Waals surface area contributed by atoms with Crippen molar-refractivity contribution < 1.29 is 24.5 Å². The number of ether oxygens (including phenoxy) is 1. The van der Waals surface area contributed by atoms with Gasteiger partial charge in [-0.3, -0.25) is 4.79 Å². The van der Waals surface area contributed by atoms with Crippen LogP contribution in [0.4, 0.5) is 5.69 Å². The minimum atomic E-state index is -0.597. The lowest BCUT2D eigenvalue weighted by molar-refractivity contribution is -0.136. The molecule has 1 aliphatic rings. The molecule has 3 N–H and O–H groups in total. The van der Waals surface area contributed by atoms with Crippen LogP contribution < -0.4 is 5.32 Å². The number of aliphatic hydroxyl groups excluding tert-OH is 1. The Bertz CT molecular complexity index is 920. The molecule has 0 saturated carbocycles. The number of nitrogens with zero attached hydrogens (tertiary/aromatic N) is 1. The Hall–Kier alpha value is -3.06. The summed E-state index contributed by atoms with van der Waals surface area (Å²) in [5.41, 5.74) is 1.67. The summed E-state index contributed by atoms with van der Waals surface area (Å²) in [6, 6.07) is 8.93. The minimum absolute atomic E-state index is 0.0729. The molecule has 2 aromatic carbocycles. The van der Waals surface area contributed by atoms with Crippen LogP contribution in [0.15, 0.2) is 41.6 Å². The molecule has 1 amide bonds. The van der Waals surface area contributed by atoms with E-state index in [-0.39, 0.29) is 42.6 Å². The molecule has 0 fully saturated rings. The zero-order valence-electron chi connectivity index (χ0n) is 14.6. The van der Waals surface area contributed by atoms with Crippen LogP contribution in [-0.4, -0.2) is 53.8 Å². The Morgan fingerprint density at radius 3 is 2.73 bits per heavy atom. The molecule has 2 aromatic rings. The van der Waals surface area contributed by atoms with Gasteiger partial charge >= 0.3 is 5.97 Å². The van der Waals surface area contributed by atoms with Crippen LogP contribution in [0.5, 0.6) is 5.75 Å². The van der Waals surface area contributed by atoms with Gasteiger partial charge in [0.2, 0.25) is 0 Å². The van der Waals surface area contributed by atoms with E-state index in [1.807, 2.05) is 6.07 Å². The number of β-amino-alcohol motifs (C(OH)–C–C–N with tert-alkyl or cyclic N) is 1. The number of aromatic hydroxyl groups is 1. The van der Waals surface area contributed by atoms with Crippen molar-refractivity contribution in [1.82, 2.24) is 4.90 Å². The van der Waals surface area contributed by atoms with Crippen LogP contribution in [-0.2, 0) is 14.3 Å². The van der Waals surface area contributed by atoms with Gasteiger partial charge in [0.1, 0.15) is 11.4 Å². The van der Waals surface area contributed by atoms with Gasteiger partial charge in [0, 0.05) is 23.0 Å². The van der Waals surface area contributed by atoms with Gasteiger partial charge in [-0.25, -0.2) is 4.79 Å². The molecule has 26 heavy (non-hydrogen) atoms. The van der Waals surface area contributed by atoms with E-state index in [1.54, 1.807) is 31.2 Å². The molecular formula is C19H20N2O5. The summed E-state index contributed by atoms with van der Waals surface area (Å²) in [6.45, 7) is 1.80. The molecule has 0 spiro atoms. The summed E-state index contributed by atoms with van der Waals surface area (Å²) < 4.78 is 4.78. The second-order valence-electron chi connectivity index (χ2n) is 6.05. The zero-order valence-corrected chi connectivity index (χ0v) is 14.6. The maximum atomic E-state index is 12.6. The Morgan fingerprint density at radius 1 is 1.27 bits per heavy atom. The molecule has 0 atom stereocenters. The number of benzene rings is 2. The molecule has 0 bridgehead atoms. The first kappa shape index (κ1) is 17.8. The minimum Gasteiger partial charge on any atom is -0.507 e. The highest BCUT2D eigenvalue weighted by molar-refractivity contribution is 6.10. The van der Waals surface area contributed by atoms with Crippen LogP contribution in [0, 0.1) is 6.92 Å². The number of phenols is 1. The van der Waals surface area contributed by atoms with Gasteiger partial charge in [-0.1, -0.05) is 24.3 Å². The SMILES string of the molecule is COC(=O)C1=C(Nc2cccc3c(O)c(C)ccc23)C(=O)N(CCO)C1. The molecule has 0 aliphatic carbocycles. The van der Waals surface area contributed by atoms with Crippen molar-refractivity contribution in [1.29, 1.82) is 0 Å². The van der Waals surface area contributed by atoms with E-state index in [2.05, 4.69) is 5.32 Å². The third kappa shape index (κ3) is 2.97. The van der Waals surface area contributed by atoms with Crippen LogP contribution in [0.3, 0.4) is 0 Å². The zero-order chi connectivity index (χ0) is 18.8. The third-order valence-electron chi connectivity index (χ3n) is 4.45. The largest absolute Gasteiger partial charge is 0.507 e. The quantitative estimate of drug-likeness (QED) is 0.703. The molecule has 3 rings (SSSR count). The average Bonchev–Trinajstić information content (AvgIpc) is 2.94. The van der Waals surface area contributed by atoms with Crippen LogP contribution in [0.25, 0.3) is 10.8 Å². The number of carbonyl (C=O) groups is 2. The highest BCUT2D eigenvalue weighted by Gasteiger charge is 2.34. The number of hydrogen-bond donors (Lipinski definition) is 3. The monoisotopic (exact) mass is 356 g/mol. The van der Waals surface area contributed by atoms with Gasteiger partial charge in [-0.15, -0.1) is 0 Å². The number of carbonyl (C=O) groups excluding carboxylic acids is 2. The van der Waals surface area contributed by atoms with Crippen molar-refractivity contribution in [3.63, 3.8) is 0 Å². The van der Waals surface area contributed by atoms with E-state index in [4.69, 9.17) is 9.84 Å². The van der Waals surface area contributed by atoms with E-state index in [0.717, 1.165) is 10.9 Å². The van der Waals surface area contributed by atoms with Gasteiger partial charge < -0.3 is 25.2 Å². The van der Waals surface area contributed by atoms with Gasteiger partial charge in [0.15, 0.2) is 0 Å². The second kappa shape index (κ2) is 7.05. The lowest BCUT2D eigenvalue weighted by atomic mass is 10.0. The van der Waals surface area contributed by atoms with Gasteiger partial charge in [0.25, 0.3) is 5.91 Å². The van der Waals surface area contributed by atoms with Crippen LogP contribution in [0.1, 0.15) is 5.56 Å². The molecule has 1 heterocycles. The Kier molecular flexibility index (Phi) is 4.81. The number of methoxy groups -OCH3 is 1. The summed E-state index contributed by atoms with van der Waals surface area (Å²) >= 11 is 0. The van der Waals surface area contributed by atoms with Gasteiger partial charge in [0.05, 0.1) is 25.8 Å². The first-order chi connectivity index (χ1) is 12.5. The molecule has 1 aliphatic heterocycles. The third-order valence-corrected chi connectivity index (χ3v) is 4.45. The average molecular weight is 356 g/mol. The van der Waals surface area contributed by atoms with E-state index >= 15 is 0 Å². The number of hydrogen-bond acceptors (Lipinski definition) is 6. The number of anilines is 1. The number of fused-ring (bicyclic) bond motifs is 1. The first-order valence-electron chi connectivity index (χ1n) is 8.17. The molecular weight excluding hydrogens is 336 g/mol. The number of phenolic OH excluding ortho intramolecular Hbond substituents is 1. The highest BCUT2D eigenvalue weighted by Crippen LogP contribution is 2.34. The van der Waals surface area contributed by atoms with Gasteiger partial charge in [-0.2, -0.15) is 0 Å². The second-order valence-corrected chi connectivity index (χ2v) is 6.05.